The van der Waals surface area contributed by atoms with Gasteiger partial charge in [0.2, 0.25) is 6.79 Å². The second-order valence-corrected chi connectivity index (χ2v) is 6.37. The number of amides is 1. The van der Waals surface area contributed by atoms with Crippen LogP contribution in [0.5, 0.6) is 11.5 Å². The molecule has 2 aliphatic heterocycles. The number of carbonyl (C=O) groups is 1. The molecular weight excluding hydrogens is 348 g/mol. The van der Waals surface area contributed by atoms with Crippen molar-refractivity contribution in [3.8, 4) is 11.5 Å². The first-order valence-electron chi connectivity index (χ1n) is 8.98. The zero-order valence-corrected chi connectivity index (χ0v) is 14.9. The molecule has 142 valence electrons. The molecule has 2 aromatic rings. The molecule has 1 fully saturated rings. The molecule has 0 saturated carbocycles. The van der Waals surface area contributed by atoms with Crippen molar-refractivity contribution < 1.29 is 19.0 Å². The Kier molecular flexibility index (Phi) is 5.36. The zero-order valence-electron chi connectivity index (χ0n) is 14.9. The standard InChI is InChI=1S/C19H22N4O4/c24-19(21-3-4-23-5-7-25-8-6-23)14-9-16(12-20-11-14)22-15-1-2-17-18(10-15)27-13-26-17/h1-2,9-12,22H,3-8,13H2,(H,21,24). The highest BCUT2D eigenvalue weighted by Crippen LogP contribution is 2.35. The number of hydrogen-bond acceptors (Lipinski definition) is 7. The molecule has 1 saturated heterocycles. The Morgan fingerprint density at radius 3 is 2.81 bits per heavy atom. The average Bonchev–Trinajstić information content (AvgIpc) is 3.17. The molecule has 3 heterocycles. The average molecular weight is 370 g/mol. The molecule has 0 atom stereocenters. The smallest absolute Gasteiger partial charge is 0.252 e. The number of benzene rings is 1. The van der Waals surface area contributed by atoms with Crippen LogP contribution in [0.15, 0.2) is 36.7 Å². The molecular formula is C19H22N4O4. The first kappa shape index (κ1) is 17.6. The summed E-state index contributed by atoms with van der Waals surface area (Å²) < 4.78 is 16.0. The van der Waals surface area contributed by atoms with Crippen LogP contribution in [0.4, 0.5) is 11.4 Å². The van der Waals surface area contributed by atoms with Crippen molar-refractivity contribution in [2.24, 2.45) is 0 Å². The Morgan fingerprint density at radius 1 is 1.07 bits per heavy atom. The molecule has 0 aliphatic carbocycles. The molecule has 1 amide bonds. The first-order valence-corrected chi connectivity index (χ1v) is 8.98. The van der Waals surface area contributed by atoms with Gasteiger partial charge in [0.05, 0.1) is 30.7 Å². The SMILES string of the molecule is O=C(NCCN1CCOCC1)c1cncc(Nc2ccc3c(c2)OCO3)c1. The number of nitrogens with zero attached hydrogens (tertiary/aromatic N) is 2. The van der Waals surface area contributed by atoms with E-state index in [1.165, 1.54) is 0 Å². The van der Waals surface area contributed by atoms with Gasteiger partial charge in [-0.3, -0.25) is 14.7 Å². The number of nitrogens with one attached hydrogen (secondary N) is 2. The van der Waals surface area contributed by atoms with Crippen LogP contribution in [0.25, 0.3) is 0 Å². The highest BCUT2D eigenvalue weighted by molar-refractivity contribution is 5.94. The minimum atomic E-state index is -0.134. The van der Waals surface area contributed by atoms with Crippen LogP contribution in [0.2, 0.25) is 0 Å². The summed E-state index contributed by atoms with van der Waals surface area (Å²) >= 11 is 0. The highest BCUT2D eigenvalue weighted by Gasteiger charge is 2.14. The number of fused-ring (bicyclic) bond motifs is 1. The van der Waals surface area contributed by atoms with Gasteiger partial charge in [0.15, 0.2) is 11.5 Å². The Labute approximate surface area is 157 Å². The minimum absolute atomic E-state index is 0.134. The van der Waals surface area contributed by atoms with E-state index in [1.54, 1.807) is 18.5 Å². The van der Waals surface area contributed by atoms with Crippen molar-refractivity contribution >= 4 is 17.3 Å². The molecule has 27 heavy (non-hydrogen) atoms. The molecule has 0 unspecified atom stereocenters. The number of rotatable bonds is 6. The third-order valence-electron chi connectivity index (χ3n) is 4.48. The number of anilines is 2. The molecule has 0 radical (unpaired) electrons. The summed E-state index contributed by atoms with van der Waals surface area (Å²) in [5.41, 5.74) is 2.09. The van der Waals surface area contributed by atoms with Gasteiger partial charge in [-0.25, -0.2) is 0 Å². The van der Waals surface area contributed by atoms with E-state index in [2.05, 4.69) is 20.5 Å². The van der Waals surface area contributed by atoms with E-state index in [0.717, 1.165) is 50.0 Å². The lowest BCUT2D eigenvalue weighted by Gasteiger charge is -2.26. The fraction of sp³-hybridized carbons (Fsp3) is 0.368. The molecule has 4 rings (SSSR count). The van der Waals surface area contributed by atoms with Gasteiger partial charge >= 0.3 is 0 Å². The topological polar surface area (TPSA) is 85.0 Å². The molecule has 1 aromatic carbocycles. The maximum absolute atomic E-state index is 12.4. The Hall–Kier alpha value is -2.84. The second kappa shape index (κ2) is 8.24. The quantitative estimate of drug-likeness (QED) is 0.799. The maximum atomic E-state index is 12.4. The lowest BCUT2D eigenvalue weighted by molar-refractivity contribution is 0.0383. The predicted molar refractivity (Wildman–Crippen MR) is 99.7 cm³/mol. The third-order valence-corrected chi connectivity index (χ3v) is 4.48. The normalized spacial score (nSPS) is 16.1. The summed E-state index contributed by atoms with van der Waals surface area (Å²) in [6.07, 6.45) is 3.24. The van der Waals surface area contributed by atoms with Crippen molar-refractivity contribution in [1.82, 2.24) is 15.2 Å². The van der Waals surface area contributed by atoms with Crippen LogP contribution in [0.1, 0.15) is 10.4 Å². The summed E-state index contributed by atoms with van der Waals surface area (Å²) in [6.45, 7) is 4.98. The highest BCUT2D eigenvalue weighted by atomic mass is 16.7. The molecule has 8 heteroatoms. The zero-order chi connectivity index (χ0) is 18.5. The Bertz CT molecular complexity index is 808. The van der Waals surface area contributed by atoms with Crippen molar-refractivity contribution in [2.75, 3.05) is 51.5 Å². The monoisotopic (exact) mass is 370 g/mol. The van der Waals surface area contributed by atoms with E-state index in [-0.39, 0.29) is 12.7 Å². The van der Waals surface area contributed by atoms with Gasteiger partial charge < -0.3 is 24.8 Å². The van der Waals surface area contributed by atoms with Crippen LogP contribution in [0, 0.1) is 0 Å². The Balaban J connectivity index is 1.33. The van der Waals surface area contributed by atoms with E-state index < -0.39 is 0 Å². The van der Waals surface area contributed by atoms with Crippen LogP contribution in [-0.4, -0.2) is 62.0 Å². The van der Waals surface area contributed by atoms with Gasteiger partial charge in [-0.05, 0) is 18.2 Å². The largest absolute Gasteiger partial charge is 0.454 e. The van der Waals surface area contributed by atoms with Crippen LogP contribution < -0.4 is 20.1 Å². The van der Waals surface area contributed by atoms with E-state index in [1.807, 2.05) is 18.2 Å². The van der Waals surface area contributed by atoms with Crippen LogP contribution in [-0.2, 0) is 4.74 Å². The van der Waals surface area contributed by atoms with Gasteiger partial charge in [-0.1, -0.05) is 0 Å². The summed E-state index contributed by atoms with van der Waals surface area (Å²) in [6, 6.07) is 7.38. The van der Waals surface area contributed by atoms with Gasteiger partial charge in [-0.15, -0.1) is 0 Å². The second-order valence-electron chi connectivity index (χ2n) is 6.37. The number of pyridine rings is 1. The van der Waals surface area contributed by atoms with E-state index in [4.69, 9.17) is 14.2 Å². The molecule has 2 N–H and O–H groups in total. The van der Waals surface area contributed by atoms with Gasteiger partial charge in [0, 0.05) is 44.1 Å². The number of aromatic nitrogens is 1. The minimum Gasteiger partial charge on any atom is -0.454 e. The predicted octanol–water partition coefficient (Wildman–Crippen LogP) is 1.62. The van der Waals surface area contributed by atoms with Gasteiger partial charge in [0.25, 0.3) is 5.91 Å². The molecule has 0 spiro atoms. The lowest BCUT2D eigenvalue weighted by atomic mass is 10.2. The molecule has 8 nitrogen and oxygen atoms in total. The summed E-state index contributed by atoms with van der Waals surface area (Å²) in [5, 5.41) is 6.18. The number of carbonyl (C=O) groups excluding carboxylic acids is 1. The van der Waals surface area contributed by atoms with Gasteiger partial charge in [-0.2, -0.15) is 0 Å². The Morgan fingerprint density at radius 2 is 1.93 bits per heavy atom. The molecule has 1 aromatic heterocycles. The molecule has 2 aliphatic rings. The van der Waals surface area contributed by atoms with Crippen LogP contribution >= 0.6 is 0 Å². The van der Waals surface area contributed by atoms with Crippen molar-refractivity contribution in [2.45, 2.75) is 0 Å². The van der Waals surface area contributed by atoms with Crippen molar-refractivity contribution in [3.63, 3.8) is 0 Å². The fourth-order valence-electron chi connectivity index (χ4n) is 3.03. The third kappa shape index (κ3) is 4.47. The number of morpholine rings is 1. The summed E-state index contributed by atoms with van der Waals surface area (Å²) in [5.74, 6) is 1.29. The van der Waals surface area contributed by atoms with E-state index in [0.29, 0.717) is 17.9 Å². The number of ether oxygens (including phenoxy) is 3. The fourth-order valence-corrected chi connectivity index (χ4v) is 3.03. The van der Waals surface area contributed by atoms with E-state index in [9.17, 15) is 4.79 Å². The lowest BCUT2D eigenvalue weighted by Crippen LogP contribution is -2.41. The first-order chi connectivity index (χ1) is 13.3. The van der Waals surface area contributed by atoms with Gasteiger partial charge in [0.1, 0.15) is 0 Å². The summed E-state index contributed by atoms with van der Waals surface area (Å²) in [7, 11) is 0. The maximum Gasteiger partial charge on any atom is 0.252 e. The van der Waals surface area contributed by atoms with Crippen molar-refractivity contribution in [3.05, 3.63) is 42.2 Å². The van der Waals surface area contributed by atoms with Crippen LogP contribution in [0.3, 0.4) is 0 Å². The van der Waals surface area contributed by atoms with E-state index >= 15 is 0 Å². The summed E-state index contributed by atoms with van der Waals surface area (Å²) in [4.78, 5) is 18.8. The van der Waals surface area contributed by atoms with Crippen molar-refractivity contribution in [1.29, 1.82) is 0 Å². The molecule has 0 bridgehead atoms. The number of hydrogen-bond donors (Lipinski definition) is 2.